The Kier molecular flexibility index (Phi) is 7.09. The minimum atomic E-state index is -3.74. The molecule has 10 heteroatoms. The highest BCUT2D eigenvalue weighted by Crippen LogP contribution is 2.37. The normalized spacial score (nSPS) is 14.0. The minimum Gasteiger partial charge on any atom is -0.358 e. The number of fused-ring (bicyclic) bond motifs is 1. The quantitative estimate of drug-likeness (QED) is 0.348. The Hall–Kier alpha value is -4.15. The Labute approximate surface area is 210 Å². The summed E-state index contributed by atoms with van der Waals surface area (Å²) in [6, 6.07) is 21.6. The van der Waals surface area contributed by atoms with Crippen LogP contribution in [-0.4, -0.2) is 40.1 Å². The molecule has 0 unspecified atom stereocenters. The molecule has 5 N–H and O–H groups in total. The number of para-hydroxylation sites is 1. The van der Waals surface area contributed by atoms with Crippen molar-refractivity contribution in [3.8, 4) is 0 Å². The number of anilines is 3. The van der Waals surface area contributed by atoms with Crippen LogP contribution >= 0.6 is 0 Å². The average molecular weight is 506 g/mol. The van der Waals surface area contributed by atoms with Gasteiger partial charge in [0.05, 0.1) is 23.2 Å². The summed E-state index contributed by atoms with van der Waals surface area (Å²) in [5.74, 6) is -0.698. The fourth-order valence-corrected chi connectivity index (χ4v) is 4.79. The average Bonchev–Trinajstić information content (AvgIpc) is 3.20. The lowest BCUT2D eigenvalue weighted by atomic mass is 9.99. The zero-order valence-corrected chi connectivity index (χ0v) is 20.7. The van der Waals surface area contributed by atoms with Crippen LogP contribution in [0.4, 0.5) is 17.1 Å². The van der Waals surface area contributed by atoms with E-state index in [1.165, 1.54) is 7.05 Å². The van der Waals surface area contributed by atoms with E-state index in [1.54, 1.807) is 24.3 Å². The number of carbonyl (C=O) groups excluding carboxylic acids is 2. The van der Waals surface area contributed by atoms with Gasteiger partial charge in [-0.05, 0) is 35.4 Å². The fourth-order valence-electron chi connectivity index (χ4n) is 3.94. The fraction of sp³-hybridized carbons (Fsp3) is 0.154. The van der Waals surface area contributed by atoms with Gasteiger partial charge in [0.15, 0.2) is 0 Å². The van der Waals surface area contributed by atoms with Crippen molar-refractivity contribution in [1.29, 1.82) is 0 Å². The molecule has 3 aromatic carbocycles. The standard InChI is InChI=1S/C26H27N5O4S/c1-28-23(32)16-31(36(2,34)35)20-7-5-6-19(14-20)29-25(18-12-10-17(15-27)11-13-18)24-21-8-3-4-9-22(21)30-26(24)33/h3-14,29H,15-16,27H2,1-2H3,(H,28,32)(H,30,33). The van der Waals surface area contributed by atoms with Crippen molar-refractivity contribution in [3.63, 3.8) is 0 Å². The third-order valence-corrected chi connectivity index (χ3v) is 6.91. The maximum absolute atomic E-state index is 13.1. The second-order valence-corrected chi connectivity index (χ2v) is 10.2. The first-order valence-corrected chi connectivity index (χ1v) is 13.1. The van der Waals surface area contributed by atoms with E-state index in [0.717, 1.165) is 27.3 Å². The molecule has 0 saturated heterocycles. The topological polar surface area (TPSA) is 134 Å². The van der Waals surface area contributed by atoms with E-state index in [4.69, 9.17) is 5.73 Å². The van der Waals surface area contributed by atoms with Gasteiger partial charge in [0.2, 0.25) is 15.9 Å². The summed E-state index contributed by atoms with van der Waals surface area (Å²) >= 11 is 0. The van der Waals surface area contributed by atoms with Crippen molar-refractivity contribution in [2.45, 2.75) is 6.54 Å². The van der Waals surface area contributed by atoms with Crippen molar-refractivity contribution >= 4 is 50.2 Å². The first kappa shape index (κ1) is 25.0. The molecule has 1 heterocycles. The van der Waals surface area contributed by atoms with Gasteiger partial charge in [-0.3, -0.25) is 13.9 Å². The second-order valence-electron chi connectivity index (χ2n) is 8.27. The van der Waals surface area contributed by atoms with Crippen LogP contribution in [0.15, 0.2) is 72.8 Å². The Morgan fingerprint density at radius 1 is 1.03 bits per heavy atom. The Morgan fingerprint density at radius 2 is 1.75 bits per heavy atom. The second kappa shape index (κ2) is 10.2. The summed E-state index contributed by atoms with van der Waals surface area (Å²) in [7, 11) is -2.29. The highest BCUT2D eigenvalue weighted by atomic mass is 32.2. The number of hydrogen-bond donors (Lipinski definition) is 4. The van der Waals surface area contributed by atoms with Crippen LogP contribution in [-0.2, 0) is 26.2 Å². The van der Waals surface area contributed by atoms with Gasteiger partial charge < -0.3 is 21.7 Å². The number of nitrogens with one attached hydrogen (secondary N) is 3. The Morgan fingerprint density at radius 3 is 2.42 bits per heavy atom. The van der Waals surface area contributed by atoms with E-state index in [1.807, 2.05) is 48.5 Å². The highest BCUT2D eigenvalue weighted by molar-refractivity contribution is 7.92. The van der Waals surface area contributed by atoms with Gasteiger partial charge in [0.1, 0.15) is 6.54 Å². The highest BCUT2D eigenvalue weighted by Gasteiger charge is 2.28. The predicted molar refractivity (Wildman–Crippen MR) is 143 cm³/mol. The zero-order valence-electron chi connectivity index (χ0n) is 19.9. The molecule has 1 aliphatic heterocycles. The van der Waals surface area contributed by atoms with E-state index in [0.29, 0.717) is 34.9 Å². The number of amides is 2. The van der Waals surface area contributed by atoms with Crippen molar-refractivity contribution in [2.75, 3.05) is 34.8 Å². The van der Waals surface area contributed by atoms with E-state index in [2.05, 4.69) is 16.0 Å². The SMILES string of the molecule is CNC(=O)CN(c1cccc(NC(=C2C(=O)Nc3ccccc32)c2ccc(CN)cc2)c1)S(C)(=O)=O. The number of benzene rings is 3. The van der Waals surface area contributed by atoms with E-state index in [9.17, 15) is 18.0 Å². The van der Waals surface area contributed by atoms with E-state index >= 15 is 0 Å². The maximum atomic E-state index is 13.1. The number of rotatable bonds is 8. The zero-order chi connectivity index (χ0) is 25.9. The van der Waals surface area contributed by atoms with Gasteiger partial charge in [-0.25, -0.2) is 8.42 Å². The molecule has 0 spiro atoms. The molecule has 186 valence electrons. The summed E-state index contributed by atoms with van der Waals surface area (Å²) in [6.07, 6.45) is 1.04. The van der Waals surface area contributed by atoms with Gasteiger partial charge in [-0.15, -0.1) is 0 Å². The molecule has 9 nitrogen and oxygen atoms in total. The molecule has 0 aromatic heterocycles. The molecule has 0 atom stereocenters. The molecule has 0 aliphatic carbocycles. The van der Waals surface area contributed by atoms with Crippen LogP contribution in [0, 0.1) is 0 Å². The number of sulfonamides is 1. The first-order chi connectivity index (χ1) is 17.2. The van der Waals surface area contributed by atoms with Crippen LogP contribution < -0.4 is 26.0 Å². The molecule has 2 amide bonds. The Balaban J connectivity index is 1.82. The van der Waals surface area contributed by atoms with Gasteiger partial charge in [0, 0.05) is 30.5 Å². The van der Waals surface area contributed by atoms with Crippen molar-refractivity contribution in [3.05, 3.63) is 89.5 Å². The molecule has 1 aliphatic rings. The summed E-state index contributed by atoms with van der Waals surface area (Å²) < 4.78 is 25.9. The third-order valence-electron chi connectivity index (χ3n) is 5.77. The number of nitrogens with two attached hydrogens (primary N) is 1. The number of likely N-dealkylation sites (N-methyl/N-ethyl adjacent to an activating group) is 1. The number of carbonyl (C=O) groups is 2. The maximum Gasteiger partial charge on any atom is 0.258 e. The lowest BCUT2D eigenvalue weighted by molar-refractivity contribution is -0.119. The van der Waals surface area contributed by atoms with Crippen molar-refractivity contribution < 1.29 is 18.0 Å². The third kappa shape index (κ3) is 5.24. The molecule has 0 fully saturated rings. The first-order valence-electron chi connectivity index (χ1n) is 11.2. The Bertz CT molecular complexity index is 1450. The van der Waals surface area contributed by atoms with E-state index < -0.39 is 15.9 Å². The number of hydrogen-bond acceptors (Lipinski definition) is 6. The summed E-state index contributed by atoms with van der Waals surface area (Å²) in [6.45, 7) is 0.0285. The molecule has 36 heavy (non-hydrogen) atoms. The summed E-state index contributed by atoms with van der Waals surface area (Å²) in [5, 5.41) is 8.67. The smallest absolute Gasteiger partial charge is 0.258 e. The lowest BCUT2D eigenvalue weighted by Gasteiger charge is -2.23. The molecular formula is C26H27N5O4S. The summed E-state index contributed by atoms with van der Waals surface area (Å²) in [4.78, 5) is 25.0. The van der Waals surface area contributed by atoms with Crippen molar-refractivity contribution in [2.24, 2.45) is 5.73 Å². The molecular weight excluding hydrogens is 478 g/mol. The van der Waals surface area contributed by atoms with Crippen LogP contribution in [0.3, 0.4) is 0 Å². The molecule has 4 rings (SSSR count). The van der Waals surface area contributed by atoms with Crippen LogP contribution in [0.2, 0.25) is 0 Å². The molecule has 0 bridgehead atoms. The van der Waals surface area contributed by atoms with Crippen LogP contribution in [0.5, 0.6) is 0 Å². The molecule has 0 saturated carbocycles. The molecule has 0 radical (unpaired) electrons. The van der Waals surface area contributed by atoms with Crippen LogP contribution in [0.25, 0.3) is 11.3 Å². The van der Waals surface area contributed by atoms with Crippen molar-refractivity contribution in [1.82, 2.24) is 5.32 Å². The van der Waals surface area contributed by atoms with Gasteiger partial charge in [-0.2, -0.15) is 0 Å². The lowest BCUT2D eigenvalue weighted by Crippen LogP contribution is -2.39. The van der Waals surface area contributed by atoms with Gasteiger partial charge in [-0.1, -0.05) is 48.5 Å². The molecule has 3 aromatic rings. The minimum absolute atomic E-state index is 0.255. The van der Waals surface area contributed by atoms with Gasteiger partial charge >= 0.3 is 0 Å². The predicted octanol–water partition coefficient (Wildman–Crippen LogP) is 2.59. The largest absolute Gasteiger partial charge is 0.358 e. The van der Waals surface area contributed by atoms with Crippen LogP contribution in [0.1, 0.15) is 16.7 Å². The monoisotopic (exact) mass is 505 g/mol. The summed E-state index contributed by atoms with van der Waals surface area (Å²) in [5.41, 5.74) is 10.8. The van der Waals surface area contributed by atoms with E-state index in [-0.39, 0.29) is 12.5 Å². The number of nitrogens with zero attached hydrogens (tertiary/aromatic N) is 1. The van der Waals surface area contributed by atoms with Gasteiger partial charge in [0.25, 0.3) is 5.91 Å².